The molecule has 0 saturated carbocycles. The quantitative estimate of drug-likeness (QED) is 0.713. The van der Waals surface area contributed by atoms with Gasteiger partial charge in [-0.3, -0.25) is 4.79 Å². The Morgan fingerprint density at radius 2 is 1.95 bits per heavy atom. The highest BCUT2D eigenvalue weighted by atomic mass is 35.5. The number of hydrogen-bond donors (Lipinski definition) is 1. The summed E-state index contributed by atoms with van der Waals surface area (Å²) in [6, 6.07) is 16.2. The van der Waals surface area contributed by atoms with E-state index in [0.717, 1.165) is 28.6 Å². The number of nitrogens with one attached hydrogen (secondary N) is 1. The summed E-state index contributed by atoms with van der Waals surface area (Å²) < 4.78 is 0. The fourth-order valence-corrected chi connectivity index (χ4v) is 3.51. The molecule has 1 aliphatic rings. The minimum absolute atomic E-state index is 0.000185. The highest BCUT2D eigenvalue weighted by Gasteiger charge is 2.35. The van der Waals surface area contributed by atoms with E-state index in [1.165, 1.54) is 5.56 Å². The Balaban J connectivity index is 1.86. The normalized spacial score (nSPS) is 17.0. The lowest BCUT2D eigenvalue weighted by molar-refractivity contribution is -0.116. The minimum atomic E-state index is -0.0538. The smallest absolute Gasteiger partial charge is 0.242 e. The molecule has 0 spiro atoms. The van der Waals surface area contributed by atoms with Crippen molar-refractivity contribution in [3.8, 4) is 0 Å². The molecule has 22 heavy (non-hydrogen) atoms. The Kier molecular flexibility index (Phi) is 3.16. The lowest BCUT2D eigenvalue weighted by Crippen LogP contribution is -2.32. The Morgan fingerprint density at radius 3 is 2.82 bits per heavy atom. The van der Waals surface area contributed by atoms with Crippen LogP contribution in [0.5, 0.6) is 0 Å². The molecule has 3 aromatic rings. The molecule has 0 fully saturated rings. The molecule has 1 amide bonds. The first-order valence-corrected chi connectivity index (χ1v) is 7.85. The number of alkyl halides is 1. The Hall–Kier alpha value is -2.26. The molecular weight excluding hydrogens is 296 g/mol. The molecule has 0 saturated heterocycles. The van der Waals surface area contributed by atoms with Gasteiger partial charge < -0.3 is 9.88 Å². The maximum Gasteiger partial charge on any atom is 0.242 e. The molecule has 1 aromatic heterocycles. The third-order valence-electron chi connectivity index (χ3n) is 4.34. The topological polar surface area (TPSA) is 36.1 Å². The first kappa shape index (κ1) is 13.4. The Labute approximate surface area is 133 Å². The van der Waals surface area contributed by atoms with Crippen LogP contribution in [0.15, 0.2) is 54.7 Å². The van der Waals surface area contributed by atoms with Crippen molar-refractivity contribution in [1.82, 2.24) is 4.98 Å². The highest BCUT2D eigenvalue weighted by Crippen LogP contribution is 2.42. The van der Waals surface area contributed by atoms with Crippen molar-refractivity contribution in [2.75, 3.05) is 10.8 Å². The third kappa shape index (κ3) is 1.93. The number of para-hydroxylation sites is 2. The van der Waals surface area contributed by atoms with Crippen LogP contribution in [0.4, 0.5) is 5.69 Å². The van der Waals surface area contributed by atoms with Crippen LogP contribution in [-0.2, 0) is 11.2 Å². The van der Waals surface area contributed by atoms with Crippen LogP contribution < -0.4 is 4.90 Å². The van der Waals surface area contributed by atoms with Gasteiger partial charge in [-0.25, -0.2) is 0 Å². The molecule has 1 aliphatic heterocycles. The number of nitrogens with zero attached hydrogens (tertiary/aromatic N) is 1. The molecule has 1 N–H and O–H groups in total. The van der Waals surface area contributed by atoms with Crippen LogP contribution in [0.2, 0.25) is 0 Å². The van der Waals surface area contributed by atoms with Crippen molar-refractivity contribution in [3.63, 3.8) is 0 Å². The van der Waals surface area contributed by atoms with Crippen molar-refractivity contribution >= 4 is 34.1 Å². The van der Waals surface area contributed by atoms with E-state index < -0.39 is 0 Å². The van der Waals surface area contributed by atoms with Gasteiger partial charge in [0.2, 0.25) is 5.91 Å². The van der Waals surface area contributed by atoms with Crippen LogP contribution in [0, 0.1) is 0 Å². The molecule has 0 bridgehead atoms. The lowest BCUT2D eigenvalue weighted by Gasteiger charge is -2.24. The van der Waals surface area contributed by atoms with Crippen LogP contribution in [-0.4, -0.2) is 16.8 Å². The molecule has 1 atom stereocenters. The van der Waals surface area contributed by atoms with E-state index in [1.54, 1.807) is 0 Å². The van der Waals surface area contributed by atoms with Crippen LogP contribution in [0.3, 0.4) is 0 Å². The zero-order valence-electron chi connectivity index (χ0n) is 11.9. The zero-order chi connectivity index (χ0) is 15.1. The number of benzene rings is 2. The van der Waals surface area contributed by atoms with Crippen LogP contribution in [0.25, 0.3) is 10.9 Å². The summed E-state index contributed by atoms with van der Waals surface area (Å²) in [5.41, 5.74) is 4.40. The van der Waals surface area contributed by atoms with E-state index in [1.807, 2.05) is 41.4 Å². The van der Waals surface area contributed by atoms with Gasteiger partial charge in [0.25, 0.3) is 0 Å². The number of rotatable bonds is 2. The zero-order valence-corrected chi connectivity index (χ0v) is 12.7. The van der Waals surface area contributed by atoms with Crippen molar-refractivity contribution in [3.05, 3.63) is 65.9 Å². The van der Waals surface area contributed by atoms with Gasteiger partial charge in [-0.2, -0.15) is 0 Å². The summed E-state index contributed by atoms with van der Waals surface area (Å²) in [4.78, 5) is 17.5. The summed E-state index contributed by atoms with van der Waals surface area (Å²) in [6.45, 7) is 0. The van der Waals surface area contributed by atoms with Crippen LogP contribution in [0.1, 0.15) is 17.2 Å². The summed E-state index contributed by atoms with van der Waals surface area (Å²) in [5.74, 6) is -0.0606. The van der Waals surface area contributed by atoms with Gasteiger partial charge in [0.15, 0.2) is 0 Å². The fraction of sp³-hybridized carbons (Fsp3) is 0.167. The van der Waals surface area contributed by atoms with Gasteiger partial charge in [-0.15, -0.1) is 11.6 Å². The van der Waals surface area contributed by atoms with E-state index in [0.29, 0.717) is 0 Å². The van der Waals surface area contributed by atoms with E-state index >= 15 is 0 Å². The van der Waals surface area contributed by atoms with Gasteiger partial charge in [0.1, 0.15) is 5.88 Å². The molecule has 2 heterocycles. The van der Waals surface area contributed by atoms with Gasteiger partial charge in [0.05, 0.1) is 6.04 Å². The lowest BCUT2D eigenvalue weighted by atomic mass is 10.0. The summed E-state index contributed by atoms with van der Waals surface area (Å²) in [7, 11) is 0. The second-order valence-electron chi connectivity index (χ2n) is 5.54. The number of anilines is 1. The fourth-order valence-electron chi connectivity index (χ4n) is 3.38. The molecule has 110 valence electrons. The Morgan fingerprint density at radius 1 is 1.18 bits per heavy atom. The number of fused-ring (bicyclic) bond motifs is 2. The number of aromatic amines is 1. The minimum Gasteiger partial charge on any atom is -0.361 e. The molecule has 2 aromatic carbocycles. The van der Waals surface area contributed by atoms with Gasteiger partial charge >= 0.3 is 0 Å². The summed E-state index contributed by atoms with van der Waals surface area (Å²) in [5, 5.41) is 1.16. The average molecular weight is 311 g/mol. The van der Waals surface area contributed by atoms with Crippen molar-refractivity contribution in [1.29, 1.82) is 0 Å². The summed E-state index contributed by atoms with van der Waals surface area (Å²) >= 11 is 5.84. The van der Waals surface area contributed by atoms with E-state index in [-0.39, 0.29) is 17.8 Å². The van der Waals surface area contributed by atoms with Crippen molar-refractivity contribution in [2.24, 2.45) is 0 Å². The first-order valence-electron chi connectivity index (χ1n) is 7.31. The second kappa shape index (κ2) is 5.18. The van der Waals surface area contributed by atoms with E-state index in [9.17, 15) is 4.79 Å². The van der Waals surface area contributed by atoms with E-state index in [2.05, 4.69) is 23.2 Å². The molecule has 4 heteroatoms. The average Bonchev–Trinajstić information content (AvgIpc) is 3.15. The van der Waals surface area contributed by atoms with Crippen molar-refractivity contribution in [2.45, 2.75) is 12.5 Å². The van der Waals surface area contributed by atoms with Crippen molar-refractivity contribution < 1.29 is 4.79 Å². The predicted octanol–water partition coefficient (Wildman–Crippen LogP) is 4.04. The summed E-state index contributed by atoms with van der Waals surface area (Å²) in [6.07, 6.45) is 2.83. The van der Waals surface area contributed by atoms with Gasteiger partial charge in [-0.1, -0.05) is 36.4 Å². The van der Waals surface area contributed by atoms with Crippen LogP contribution >= 0.6 is 11.6 Å². The molecule has 0 aliphatic carbocycles. The SMILES string of the molecule is O=C(CCl)N1c2ccccc2CC1c1c[nH]c2ccccc12. The monoisotopic (exact) mass is 310 g/mol. The van der Waals surface area contributed by atoms with E-state index in [4.69, 9.17) is 11.6 Å². The standard InChI is InChI=1S/C18H15ClN2O/c19-10-18(22)21-16-8-4-1-5-12(16)9-17(21)14-11-20-15-7-3-2-6-13(14)15/h1-8,11,17,20H,9-10H2. The number of H-pyrrole nitrogens is 1. The highest BCUT2D eigenvalue weighted by molar-refractivity contribution is 6.29. The number of aromatic nitrogens is 1. The van der Waals surface area contributed by atoms with Gasteiger partial charge in [0, 0.05) is 28.4 Å². The molecule has 1 unspecified atom stereocenters. The predicted molar refractivity (Wildman–Crippen MR) is 89.4 cm³/mol. The molecule has 3 nitrogen and oxygen atoms in total. The number of hydrogen-bond acceptors (Lipinski definition) is 1. The number of halogens is 1. The maximum atomic E-state index is 12.4. The molecule has 4 rings (SSSR count). The maximum absolute atomic E-state index is 12.4. The first-order chi connectivity index (χ1) is 10.8. The second-order valence-corrected chi connectivity index (χ2v) is 5.80. The molecular formula is C18H15ClN2O. The largest absolute Gasteiger partial charge is 0.361 e. The van der Waals surface area contributed by atoms with Gasteiger partial charge in [-0.05, 0) is 24.1 Å². The third-order valence-corrected chi connectivity index (χ3v) is 4.57. The Bertz CT molecular complexity index is 855. The number of amides is 1. The number of carbonyl (C=O) groups excluding carboxylic acids is 1. The molecule has 0 radical (unpaired) electrons. The number of carbonyl (C=O) groups is 1.